The molecule has 110 valence electrons. The summed E-state index contributed by atoms with van der Waals surface area (Å²) in [5.74, 6) is 1.08. The van der Waals surface area contributed by atoms with Crippen LogP contribution in [0.2, 0.25) is 0 Å². The minimum atomic E-state index is -0.0380. The van der Waals surface area contributed by atoms with Crippen molar-refractivity contribution in [1.82, 2.24) is 10.6 Å². The van der Waals surface area contributed by atoms with E-state index >= 15 is 0 Å². The molecule has 0 aromatic heterocycles. The molecular weight excluding hydrogens is 268 g/mol. The van der Waals surface area contributed by atoms with Crippen LogP contribution in [0.5, 0.6) is 0 Å². The predicted octanol–water partition coefficient (Wildman–Crippen LogP) is 3.93. The van der Waals surface area contributed by atoms with Gasteiger partial charge < -0.3 is 10.6 Å². The lowest BCUT2D eigenvalue weighted by atomic mass is 9.96. The second-order valence-electron chi connectivity index (χ2n) is 5.24. The zero-order valence-electron chi connectivity index (χ0n) is 12.2. The summed E-state index contributed by atoms with van der Waals surface area (Å²) in [6.45, 7) is 2.74. The minimum absolute atomic E-state index is 0.0380. The summed E-state index contributed by atoms with van der Waals surface area (Å²) in [4.78, 5) is 13.1. The number of carbonyl (C=O) groups excluding carboxylic acids is 1. The third-order valence-electron chi connectivity index (χ3n) is 3.63. The van der Waals surface area contributed by atoms with E-state index in [1.165, 1.54) is 24.2 Å². The smallest absolute Gasteiger partial charge is 0.315 e. The molecule has 0 atom stereocenters. The van der Waals surface area contributed by atoms with E-state index in [0.29, 0.717) is 12.6 Å². The van der Waals surface area contributed by atoms with Crippen molar-refractivity contribution < 1.29 is 4.79 Å². The molecule has 0 heterocycles. The van der Waals surface area contributed by atoms with Crippen molar-refractivity contribution in [3.05, 3.63) is 29.8 Å². The third kappa shape index (κ3) is 5.08. The van der Waals surface area contributed by atoms with Crippen LogP contribution >= 0.6 is 11.8 Å². The third-order valence-corrected chi connectivity index (χ3v) is 4.52. The van der Waals surface area contributed by atoms with Gasteiger partial charge in [0.05, 0.1) is 0 Å². The normalized spacial score (nSPS) is 15.8. The molecule has 2 N–H and O–H groups in total. The molecule has 1 saturated carbocycles. The molecule has 2 rings (SSSR count). The maximum absolute atomic E-state index is 11.8. The summed E-state index contributed by atoms with van der Waals surface area (Å²) in [5.41, 5.74) is 1.14. The SMILES string of the molecule is CCSc1ccc(CNC(=O)NC2CCCCC2)cc1. The van der Waals surface area contributed by atoms with Crippen LogP contribution in [0.3, 0.4) is 0 Å². The summed E-state index contributed by atoms with van der Waals surface area (Å²) >= 11 is 1.83. The summed E-state index contributed by atoms with van der Waals surface area (Å²) in [7, 11) is 0. The fourth-order valence-corrected chi connectivity index (χ4v) is 3.20. The molecule has 0 radical (unpaired) electrons. The second-order valence-corrected chi connectivity index (χ2v) is 6.58. The topological polar surface area (TPSA) is 41.1 Å². The molecule has 4 heteroatoms. The number of amides is 2. The van der Waals surface area contributed by atoms with E-state index in [1.807, 2.05) is 11.8 Å². The average Bonchev–Trinajstić information content (AvgIpc) is 2.48. The first kappa shape index (κ1) is 15.2. The van der Waals surface area contributed by atoms with Gasteiger partial charge in [0.1, 0.15) is 0 Å². The molecule has 0 bridgehead atoms. The maximum atomic E-state index is 11.8. The highest BCUT2D eigenvalue weighted by atomic mass is 32.2. The minimum Gasteiger partial charge on any atom is -0.335 e. The van der Waals surface area contributed by atoms with Crippen LogP contribution in [0.1, 0.15) is 44.6 Å². The quantitative estimate of drug-likeness (QED) is 0.807. The number of hydrogen-bond acceptors (Lipinski definition) is 2. The van der Waals surface area contributed by atoms with E-state index in [2.05, 4.69) is 41.8 Å². The van der Waals surface area contributed by atoms with Crippen LogP contribution in [0.25, 0.3) is 0 Å². The van der Waals surface area contributed by atoms with Crippen molar-refractivity contribution in [1.29, 1.82) is 0 Å². The van der Waals surface area contributed by atoms with Gasteiger partial charge in [-0.25, -0.2) is 4.79 Å². The molecule has 0 unspecified atom stereocenters. The van der Waals surface area contributed by atoms with Crippen molar-refractivity contribution in [2.75, 3.05) is 5.75 Å². The van der Waals surface area contributed by atoms with Gasteiger partial charge in [0.15, 0.2) is 0 Å². The standard InChI is InChI=1S/C16H24N2OS/c1-2-20-15-10-8-13(9-11-15)12-17-16(19)18-14-6-4-3-5-7-14/h8-11,14H,2-7,12H2,1H3,(H2,17,18,19). The van der Waals surface area contributed by atoms with Crippen molar-refractivity contribution >= 4 is 17.8 Å². The Morgan fingerprint density at radius 3 is 2.55 bits per heavy atom. The summed E-state index contributed by atoms with van der Waals surface area (Å²) in [6.07, 6.45) is 6.03. The zero-order chi connectivity index (χ0) is 14.2. The van der Waals surface area contributed by atoms with Gasteiger partial charge in [-0.3, -0.25) is 0 Å². The van der Waals surface area contributed by atoms with Crippen LogP contribution in [-0.4, -0.2) is 17.8 Å². The molecule has 1 aliphatic rings. The molecule has 1 aromatic carbocycles. The summed E-state index contributed by atoms with van der Waals surface area (Å²) < 4.78 is 0. The molecule has 0 aliphatic heterocycles. The molecule has 0 saturated heterocycles. The second kappa shape index (κ2) is 8.20. The largest absolute Gasteiger partial charge is 0.335 e. The molecule has 1 fully saturated rings. The van der Waals surface area contributed by atoms with Gasteiger partial charge in [0.2, 0.25) is 0 Å². The number of hydrogen-bond donors (Lipinski definition) is 2. The lowest BCUT2D eigenvalue weighted by molar-refractivity contribution is 0.232. The van der Waals surface area contributed by atoms with Gasteiger partial charge in [-0.05, 0) is 36.3 Å². The number of nitrogens with one attached hydrogen (secondary N) is 2. The average molecular weight is 292 g/mol. The first-order valence-electron chi connectivity index (χ1n) is 7.54. The Labute approximate surface area is 125 Å². The van der Waals surface area contributed by atoms with Crippen molar-refractivity contribution in [3.8, 4) is 0 Å². The van der Waals surface area contributed by atoms with E-state index < -0.39 is 0 Å². The van der Waals surface area contributed by atoms with Crippen molar-refractivity contribution in [2.45, 2.75) is 56.5 Å². The lowest BCUT2D eigenvalue weighted by Gasteiger charge is -2.22. The molecule has 3 nitrogen and oxygen atoms in total. The van der Waals surface area contributed by atoms with Gasteiger partial charge in [0, 0.05) is 17.5 Å². The van der Waals surface area contributed by atoms with Crippen LogP contribution in [-0.2, 0) is 6.54 Å². The first-order chi connectivity index (χ1) is 9.78. The van der Waals surface area contributed by atoms with E-state index in [9.17, 15) is 4.79 Å². The molecule has 2 amide bonds. The van der Waals surface area contributed by atoms with E-state index in [-0.39, 0.29) is 6.03 Å². The molecule has 20 heavy (non-hydrogen) atoms. The van der Waals surface area contributed by atoms with E-state index in [1.54, 1.807) is 0 Å². The Morgan fingerprint density at radius 2 is 1.90 bits per heavy atom. The monoisotopic (exact) mass is 292 g/mol. The Kier molecular flexibility index (Phi) is 6.25. The van der Waals surface area contributed by atoms with Gasteiger partial charge in [-0.15, -0.1) is 11.8 Å². The summed E-state index contributed by atoms with van der Waals surface area (Å²) in [5, 5.41) is 6.01. The number of urea groups is 1. The number of benzene rings is 1. The van der Waals surface area contributed by atoms with Crippen LogP contribution in [0, 0.1) is 0 Å². The molecule has 1 aliphatic carbocycles. The maximum Gasteiger partial charge on any atom is 0.315 e. The van der Waals surface area contributed by atoms with Gasteiger partial charge in [-0.1, -0.05) is 38.3 Å². The number of rotatable bonds is 5. The zero-order valence-corrected chi connectivity index (χ0v) is 13.0. The van der Waals surface area contributed by atoms with E-state index in [4.69, 9.17) is 0 Å². The van der Waals surface area contributed by atoms with Gasteiger partial charge >= 0.3 is 6.03 Å². The highest BCUT2D eigenvalue weighted by Gasteiger charge is 2.15. The van der Waals surface area contributed by atoms with Gasteiger partial charge in [-0.2, -0.15) is 0 Å². The number of thioether (sulfide) groups is 1. The Morgan fingerprint density at radius 1 is 1.20 bits per heavy atom. The van der Waals surface area contributed by atoms with E-state index in [0.717, 1.165) is 24.2 Å². The van der Waals surface area contributed by atoms with Crippen molar-refractivity contribution in [2.24, 2.45) is 0 Å². The summed E-state index contributed by atoms with van der Waals surface area (Å²) in [6, 6.07) is 8.72. The molecule has 0 spiro atoms. The van der Waals surface area contributed by atoms with Crippen LogP contribution in [0.15, 0.2) is 29.2 Å². The Balaban J connectivity index is 1.72. The van der Waals surface area contributed by atoms with Crippen molar-refractivity contribution in [3.63, 3.8) is 0 Å². The number of carbonyl (C=O) groups is 1. The Hall–Kier alpha value is -1.16. The highest BCUT2D eigenvalue weighted by molar-refractivity contribution is 7.99. The lowest BCUT2D eigenvalue weighted by Crippen LogP contribution is -2.42. The molecular formula is C16H24N2OS. The van der Waals surface area contributed by atoms with Crippen LogP contribution < -0.4 is 10.6 Å². The predicted molar refractivity (Wildman–Crippen MR) is 85.1 cm³/mol. The highest BCUT2D eigenvalue weighted by Crippen LogP contribution is 2.18. The van der Waals surface area contributed by atoms with Crippen LogP contribution in [0.4, 0.5) is 4.79 Å². The van der Waals surface area contributed by atoms with Gasteiger partial charge in [0.25, 0.3) is 0 Å². The Bertz CT molecular complexity index is 413. The first-order valence-corrected chi connectivity index (χ1v) is 8.52. The molecule has 1 aromatic rings. The fraction of sp³-hybridized carbons (Fsp3) is 0.562. The fourth-order valence-electron chi connectivity index (χ4n) is 2.54.